The highest BCUT2D eigenvalue weighted by molar-refractivity contribution is 6.00. The lowest BCUT2D eigenvalue weighted by Gasteiger charge is -2.35. The van der Waals surface area contributed by atoms with Gasteiger partial charge in [-0.3, -0.25) is 9.59 Å². The molecule has 0 bridgehead atoms. The average molecular weight is 462 g/mol. The van der Waals surface area contributed by atoms with Gasteiger partial charge in [0.1, 0.15) is 0 Å². The number of halogens is 3. The summed E-state index contributed by atoms with van der Waals surface area (Å²) in [7, 11) is 0. The van der Waals surface area contributed by atoms with Gasteiger partial charge in [0.05, 0.1) is 11.1 Å². The van der Waals surface area contributed by atoms with Crippen LogP contribution < -0.4 is 15.5 Å². The third kappa shape index (κ3) is 6.27. The lowest BCUT2D eigenvalue weighted by molar-refractivity contribution is -0.137. The van der Waals surface area contributed by atoms with E-state index in [2.05, 4.69) is 29.4 Å². The Hall–Kier alpha value is -3.03. The van der Waals surface area contributed by atoms with Crippen molar-refractivity contribution in [3.8, 4) is 0 Å². The van der Waals surface area contributed by atoms with E-state index in [1.165, 1.54) is 12.1 Å². The molecule has 5 nitrogen and oxygen atoms in total. The third-order valence-electron chi connectivity index (χ3n) is 6.15. The maximum Gasteiger partial charge on any atom is 0.416 e. The Kier molecular flexibility index (Phi) is 7.66. The van der Waals surface area contributed by atoms with Crippen LogP contribution in [0.4, 0.5) is 18.9 Å². The summed E-state index contributed by atoms with van der Waals surface area (Å²) < 4.78 is 38.1. The summed E-state index contributed by atoms with van der Waals surface area (Å²) >= 11 is 0. The predicted octanol–water partition coefficient (Wildman–Crippen LogP) is 4.88. The SMILES string of the molecule is CC(C)[C@@H](C)NC(=O)c1ccccc1N1CCC(NC(=O)c2ccc(C(F)(F)F)cc2)CC1. The molecule has 1 aliphatic heterocycles. The Bertz CT molecular complexity index is 966. The largest absolute Gasteiger partial charge is 0.416 e. The molecule has 1 saturated heterocycles. The van der Waals surface area contributed by atoms with Crippen LogP contribution in [0.5, 0.6) is 0 Å². The smallest absolute Gasteiger partial charge is 0.371 e. The van der Waals surface area contributed by atoms with Gasteiger partial charge in [-0.2, -0.15) is 13.2 Å². The van der Waals surface area contributed by atoms with Crippen molar-refractivity contribution in [1.82, 2.24) is 10.6 Å². The van der Waals surface area contributed by atoms with Gasteiger partial charge in [0, 0.05) is 36.4 Å². The van der Waals surface area contributed by atoms with Crippen molar-refractivity contribution in [2.75, 3.05) is 18.0 Å². The van der Waals surface area contributed by atoms with E-state index in [-0.39, 0.29) is 29.5 Å². The first-order valence-electron chi connectivity index (χ1n) is 11.2. The zero-order chi connectivity index (χ0) is 24.2. The molecule has 0 aliphatic carbocycles. The number of carbonyl (C=O) groups excluding carboxylic acids is 2. The van der Waals surface area contributed by atoms with Gasteiger partial charge in [-0.05, 0) is 62.1 Å². The molecular formula is C25H30F3N3O2. The van der Waals surface area contributed by atoms with Crippen LogP contribution in [-0.2, 0) is 6.18 Å². The number of benzene rings is 2. The molecule has 33 heavy (non-hydrogen) atoms. The van der Waals surface area contributed by atoms with E-state index in [9.17, 15) is 22.8 Å². The first-order valence-corrected chi connectivity index (χ1v) is 11.2. The Morgan fingerprint density at radius 2 is 1.55 bits per heavy atom. The van der Waals surface area contributed by atoms with Crippen molar-refractivity contribution < 1.29 is 22.8 Å². The van der Waals surface area contributed by atoms with Crippen LogP contribution in [0.15, 0.2) is 48.5 Å². The minimum Gasteiger partial charge on any atom is -0.371 e. The molecule has 2 amide bonds. The van der Waals surface area contributed by atoms with Gasteiger partial charge in [0.25, 0.3) is 11.8 Å². The maximum atomic E-state index is 12.8. The number of piperidine rings is 1. The van der Waals surface area contributed by atoms with Gasteiger partial charge in [-0.1, -0.05) is 26.0 Å². The van der Waals surface area contributed by atoms with E-state index in [4.69, 9.17) is 0 Å². The Balaban J connectivity index is 1.59. The monoisotopic (exact) mass is 461 g/mol. The molecule has 3 rings (SSSR count). The highest BCUT2D eigenvalue weighted by Crippen LogP contribution is 2.29. The summed E-state index contributed by atoms with van der Waals surface area (Å²) in [6, 6.07) is 11.7. The molecule has 0 spiro atoms. The molecule has 0 radical (unpaired) electrons. The first kappa shape index (κ1) is 24.6. The highest BCUT2D eigenvalue weighted by Gasteiger charge is 2.30. The number of alkyl halides is 3. The molecule has 2 aromatic rings. The zero-order valence-corrected chi connectivity index (χ0v) is 19.1. The number of hydrogen-bond donors (Lipinski definition) is 2. The van der Waals surface area contributed by atoms with Crippen molar-refractivity contribution in [2.45, 2.75) is 51.9 Å². The van der Waals surface area contributed by atoms with E-state index in [0.717, 1.165) is 17.8 Å². The molecule has 1 aliphatic rings. The third-order valence-corrected chi connectivity index (χ3v) is 6.15. The number of rotatable bonds is 6. The summed E-state index contributed by atoms with van der Waals surface area (Å²) in [6.07, 6.45) is -3.09. The van der Waals surface area contributed by atoms with E-state index >= 15 is 0 Å². The second-order valence-electron chi connectivity index (χ2n) is 8.83. The standard InChI is InChI=1S/C25H30F3N3O2/c1-16(2)17(3)29-24(33)21-6-4-5-7-22(21)31-14-12-20(13-15-31)30-23(32)18-8-10-19(11-9-18)25(26,27)28/h4-11,16-17,20H,12-15H2,1-3H3,(H,29,33)(H,30,32)/t17-/m1/s1. The first-order chi connectivity index (χ1) is 15.6. The molecular weight excluding hydrogens is 431 g/mol. The minimum atomic E-state index is -4.43. The zero-order valence-electron chi connectivity index (χ0n) is 19.1. The fourth-order valence-corrected chi connectivity index (χ4v) is 3.74. The van der Waals surface area contributed by atoms with Gasteiger partial charge in [-0.25, -0.2) is 0 Å². The summed E-state index contributed by atoms with van der Waals surface area (Å²) in [4.78, 5) is 27.4. The molecule has 0 saturated carbocycles. The summed E-state index contributed by atoms with van der Waals surface area (Å²) in [5.41, 5.74) is 0.903. The van der Waals surface area contributed by atoms with Crippen molar-refractivity contribution >= 4 is 17.5 Å². The number of amides is 2. The Labute approximate surface area is 192 Å². The predicted molar refractivity (Wildman–Crippen MR) is 122 cm³/mol. The van der Waals surface area contributed by atoms with Crippen LogP contribution in [0.3, 0.4) is 0 Å². The second kappa shape index (κ2) is 10.3. The van der Waals surface area contributed by atoms with Crippen molar-refractivity contribution in [3.05, 3.63) is 65.2 Å². The van der Waals surface area contributed by atoms with Crippen molar-refractivity contribution in [1.29, 1.82) is 0 Å². The lowest BCUT2D eigenvalue weighted by atomic mass is 10.0. The number of carbonyl (C=O) groups is 2. The Morgan fingerprint density at radius 1 is 0.939 bits per heavy atom. The molecule has 0 unspecified atom stereocenters. The fraction of sp³-hybridized carbons (Fsp3) is 0.440. The molecule has 2 N–H and O–H groups in total. The number of hydrogen-bond acceptors (Lipinski definition) is 3. The molecule has 178 valence electrons. The van der Waals surface area contributed by atoms with E-state index < -0.39 is 11.7 Å². The summed E-state index contributed by atoms with van der Waals surface area (Å²) in [6.45, 7) is 7.40. The van der Waals surface area contributed by atoms with Gasteiger partial charge in [-0.15, -0.1) is 0 Å². The van der Waals surface area contributed by atoms with Gasteiger partial charge in [0.15, 0.2) is 0 Å². The number of nitrogens with one attached hydrogen (secondary N) is 2. The van der Waals surface area contributed by atoms with Crippen LogP contribution in [-0.4, -0.2) is 37.0 Å². The maximum absolute atomic E-state index is 12.8. The van der Waals surface area contributed by atoms with Crippen LogP contribution in [0, 0.1) is 5.92 Å². The molecule has 2 aromatic carbocycles. The van der Waals surface area contributed by atoms with Gasteiger partial charge in [0.2, 0.25) is 0 Å². The van der Waals surface area contributed by atoms with E-state index in [0.29, 0.717) is 37.4 Å². The Morgan fingerprint density at radius 3 is 2.12 bits per heavy atom. The molecule has 8 heteroatoms. The fourth-order valence-electron chi connectivity index (χ4n) is 3.74. The van der Waals surface area contributed by atoms with Gasteiger partial charge < -0.3 is 15.5 Å². The minimum absolute atomic E-state index is 0.0525. The van der Waals surface area contributed by atoms with Crippen molar-refractivity contribution in [3.63, 3.8) is 0 Å². The second-order valence-corrected chi connectivity index (χ2v) is 8.83. The number of anilines is 1. The molecule has 1 atom stereocenters. The molecule has 1 fully saturated rings. The van der Waals surface area contributed by atoms with E-state index in [1.807, 2.05) is 31.2 Å². The van der Waals surface area contributed by atoms with Gasteiger partial charge >= 0.3 is 6.18 Å². The van der Waals surface area contributed by atoms with Crippen LogP contribution >= 0.6 is 0 Å². The highest BCUT2D eigenvalue weighted by atomic mass is 19.4. The van der Waals surface area contributed by atoms with E-state index in [1.54, 1.807) is 0 Å². The normalized spacial score (nSPS) is 15.9. The van der Waals surface area contributed by atoms with Crippen LogP contribution in [0.25, 0.3) is 0 Å². The number of nitrogens with zero attached hydrogens (tertiary/aromatic N) is 1. The van der Waals surface area contributed by atoms with Crippen LogP contribution in [0.1, 0.15) is 59.9 Å². The number of para-hydroxylation sites is 1. The van der Waals surface area contributed by atoms with Crippen molar-refractivity contribution in [2.24, 2.45) is 5.92 Å². The lowest BCUT2D eigenvalue weighted by Crippen LogP contribution is -2.45. The quantitative estimate of drug-likeness (QED) is 0.645. The average Bonchev–Trinajstić information content (AvgIpc) is 2.79. The van der Waals surface area contributed by atoms with Crippen LogP contribution in [0.2, 0.25) is 0 Å². The summed E-state index contributed by atoms with van der Waals surface area (Å²) in [5, 5.41) is 5.96. The topological polar surface area (TPSA) is 61.4 Å². The molecule has 1 heterocycles. The summed E-state index contributed by atoms with van der Waals surface area (Å²) in [5.74, 6) is -0.167. The molecule has 0 aromatic heterocycles.